The monoisotopic (exact) mass is 280 g/mol. The first-order valence-electron chi connectivity index (χ1n) is 6.72. The van der Waals surface area contributed by atoms with Crippen molar-refractivity contribution in [3.63, 3.8) is 0 Å². The van der Waals surface area contributed by atoms with Crippen molar-refractivity contribution in [3.8, 4) is 0 Å². The van der Waals surface area contributed by atoms with Crippen molar-refractivity contribution < 1.29 is 14.6 Å². The zero-order valence-electron chi connectivity index (χ0n) is 12.3. The van der Waals surface area contributed by atoms with Gasteiger partial charge < -0.3 is 20.9 Å². The molecule has 0 aliphatic rings. The van der Waals surface area contributed by atoms with Crippen LogP contribution in [0.1, 0.15) is 32.4 Å². The first-order chi connectivity index (χ1) is 9.37. The highest BCUT2D eigenvalue weighted by atomic mass is 16.6. The number of nitrogens with one attached hydrogen (secondary N) is 1. The summed E-state index contributed by atoms with van der Waals surface area (Å²) in [6.45, 7) is 5.57. The summed E-state index contributed by atoms with van der Waals surface area (Å²) in [5.41, 5.74) is 6.00. The molecule has 2 atom stereocenters. The lowest BCUT2D eigenvalue weighted by atomic mass is 9.94. The topological polar surface area (TPSA) is 84.6 Å². The third-order valence-electron chi connectivity index (χ3n) is 2.84. The van der Waals surface area contributed by atoms with Crippen molar-refractivity contribution in [1.82, 2.24) is 5.32 Å². The van der Waals surface area contributed by atoms with Gasteiger partial charge in [-0.3, -0.25) is 0 Å². The van der Waals surface area contributed by atoms with Gasteiger partial charge in [0.05, 0.1) is 6.04 Å². The molecular formula is C15H24N2O3. The molecule has 0 saturated carbocycles. The number of aliphatic hydroxyl groups excluding tert-OH is 1. The van der Waals surface area contributed by atoms with Crippen LogP contribution in [0.4, 0.5) is 4.79 Å². The number of hydrogen-bond acceptors (Lipinski definition) is 4. The molecular weight excluding hydrogens is 256 g/mol. The van der Waals surface area contributed by atoms with E-state index in [1.54, 1.807) is 20.8 Å². The average Bonchev–Trinajstić information content (AvgIpc) is 2.38. The van der Waals surface area contributed by atoms with E-state index in [1.165, 1.54) is 0 Å². The molecule has 0 aliphatic carbocycles. The molecule has 20 heavy (non-hydrogen) atoms. The Morgan fingerprint density at radius 2 is 1.95 bits per heavy atom. The first kappa shape index (κ1) is 16.5. The summed E-state index contributed by atoms with van der Waals surface area (Å²) in [6, 6.07) is 9.06. The van der Waals surface area contributed by atoms with Crippen LogP contribution in [-0.2, 0) is 4.74 Å². The highest BCUT2D eigenvalue weighted by molar-refractivity contribution is 5.68. The molecule has 112 valence electrons. The van der Waals surface area contributed by atoms with Crippen molar-refractivity contribution in [1.29, 1.82) is 0 Å². The number of nitrogens with two attached hydrogens (primary N) is 1. The Morgan fingerprint density at radius 1 is 1.35 bits per heavy atom. The normalized spacial score (nSPS) is 14.4. The lowest BCUT2D eigenvalue weighted by Gasteiger charge is -2.28. The molecule has 5 nitrogen and oxygen atoms in total. The highest BCUT2D eigenvalue weighted by Gasteiger charge is 2.26. The molecule has 0 spiro atoms. The van der Waals surface area contributed by atoms with Crippen LogP contribution in [0.15, 0.2) is 30.3 Å². The standard InChI is InChI=1S/C15H24N2O3/c1-15(2,3)20-14(19)17-13(12(9-16)10-18)11-7-5-4-6-8-11/h4-8,12-13,18H,9-10,16H2,1-3H3,(H,17,19). The minimum atomic E-state index is -0.567. The van der Waals surface area contributed by atoms with E-state index in [9.17, 15) is 9.90 Å². The third kappa shape index (κ3) is 5.19. The number of carbonyl (C=O) groups is 1. The predicted molar refractivity (Wildman–Crippen MR) is 78.2 cm³/mol. The molecule has 4 N–H and O–H groups in total. The fourth-order valence-corrected chi connectivity index (χ4v) is 1.88. The predicted octanol–water partition coefficient (Wildman–Crippen LogP) is 1.82. The first-order valence-corrected chi connectivity index (χ1v) is 6.72. The van der Waals surface area contributed by atoms with E-state index in [2.05, 4.69) is 5.32 Å². The van der Waals surface area contributed by atoms with Gasteiger partial charge in [0.2, 0.25) is 0 Å². The number of aliphatic hydroxyl groups is 1. The van der Waals surface area contributed by atoms with Gasteiger partial charge in [0, 0.05) is 12.5 Å². The minimum Gasteiger partial charge on any atom is -0.444 e. The smallest absolute Gasteiger partial charge is 0.408 e. The van der Waals surface area contributed by atoms with E-state index >= 15 is 0 Å². The van der Waals surface area contributed by atoms with Crippen LogP contribution in [0, 0.1) is 5.92 Å². The van der Waals surface area contributed by atoms with Crippen LogP contribution < -0.4 is 11.1 Å². The fraction of sp³-hybridized carbons (Fsp3) is 0.533. The van der Waals surface area contributed by atoms with Gasteiger partial charge >= 0.3 is 6.09 Å². The summed E-state index contributed by atoms with van der Waals surface area (Å²) in [7, 11) is 0. The summed E-state index contributed by atoms with van der Waals surface area (Å²) in [5, 5.41) is 12.2. The second-order valence-electron chi connectivity index (χ2n) is 5.71. The van der Waals surface area contributed by atoms with Crippen molar-refractivity contribution in [2.75, 3.05) is 13.2 Å². The van der Waals surface area contributed by atoms with Crippen LogP contribution in [0.3, 0.4) is 0 Å². The minimum absolute atomic E-state index is 0.105. The fourth-order valence-electron chi connectivity index (χ4n) is 1.88. The number of ether oxygens (including phenoxy) is 1. The van der Waals surface area contributed by atoms with Gasteiger partial charge in [-0.2, -0.15) is 0 Å². The molecule has 1 amide bonds. The Kier molecular flexibility index (Phi) is 5.98. The maximum atomic E-state index is 11.9. The molecule has 5 heteroatoms. The van der Waals surface area contributed by atoms with Gasteiger partial charge in [-0.05, 0) is 32.9 Å². The Balaban J connectivity index is 2.87. The van der Waals surface area contributed by atoms with E-state index < -0.39 is 11.7 Å². The van der Waals surface area contributed by atoms with Crippen molar-refractivity contribution in [2.24, 2.45) is 11.7 Å². The number of rotatable bonds is 5. The third-order valence-corrected chi connectivity index (χ3v) is 2.84. The second kappa shape index (κ2) is 7.26. The average molecular weight is 280 g/mol. The van der Waals surface area contributed by atoms with Crippen molar-refractivity contribution >= 4 is 6.09 Å². The molecule has 0 radical (unpaired) electrons. The quantitative estimate of drug-likeness (QED) is 0.768. The van der Waals surface area contributed by atoms with Crippen molar-refractivity contribution in [3.05, 3.63) is 35.9 Å². The van der Waals surface area contributed by atoms with Gasteiger partial charge in [0.25, 0.3) is 0 Å². The zero-order valence-corrected chi connectivity index (χ0v) is 12.3. The van der Waals surface area contributed by atoms with E-state index in [0.717, 1.165) is 5.56 Å². The molecule has 1 aromatic rings. The van der Waals surface area contributed by atoms with E-state index in [-0.39, 0.29) is 25.1 Å². The number of alkyl carbamates (subject to hydrolysis) is 1. The van der Waals surface area contributed by atoms with Crippen LogP contribution in [0.25, 0.3) is 0 Å². The van der Waals surface area contributed by atoms with Gasteiger partial charge in [0.15, 0.2) is 0 Å². The Morgan fingerprint density at radius 3 is 2.40 bits per heavy atom. The summed E-state index contributed by atoms with van der Waals surface area (Å²) in [5.74, 6) is -0.259. The summed E-state index contributed by atoms with van der Waals surface area (Å²) in [6.07, 6.45) is -0.516. The Labute approximate surface area is 120 Å². The van der Waals surface area contributed by atoms with E-state index in [4.69, 9.17) is 10.5 Å². The number of carbonyl (C=O) groups excluding carboxylic acids is 1. The van der Waals surface area contributed by atoms with Crippen LogP contribution >= 0.6 is 0 Å². The van der Waals surface area contributed by atoms with Crippen LogP contribution in [0.2, 0.25) is 0 Å². The lowest BCUT2D eigenvalue weighted by molar-refractivity contribution is 0.0472. The SMILES string of the molecule is CC(C)(C)OC(=O)NC(c1ccccc1)C(CN)CO. The Bertz CT molecular complexity index is 411. The largest absolute Gasteiger partial charge is 0.444 e. The number of benzene rings is 1. The zero-order chi connectivity index (χ0) is 15.2. The van der Waals surface area contributed by atoms with Gasteiger partial charge in [0.1, 0.15) is 5.60 Å². The molecule has 0 heterocycles. The molecule has 1 rings (SSSR count). The van der Waals surface area contributed by atoms with Crippen molar-refractivity contribution in [2.45, 2.75) is 32.4 Å². The molecule has 0 aliphatic heterocycles. The van der Waals surface area contributed by atoms with E-state index in [0.29, 0.717) is 0 Å². The molecule has 0 aromatic heterocycles. The molecule has 0 bridgehead atoms. The van der Waals surface area contributed by atoms with E-state index in [1.807, 2.05) is 30.3 Å². The Hall–Kier alpha value is -1.59. The van der Waals surface area contributed by atoms with Gasteiger partial charge in [-0.25, -0.2) is 4.79 Å². The highest BCUT2D eigenvalue weighted by Crippen LogP contribution is 2.22. The summed E-state index contributed by atoms with van der Waals surface area (Å²) < 4.78 is 5.26. The van der Waals surface area contributed by atoms with Crippen LogP contribution in [0.5, 0.6) is 0 Å². The number of hydrogen-bond donors (Lipinski definition) is 3. The maximum Gasteiger partial charge on any atom is 0.408 e. The lowest BCUT2D eigenvalue weighted by Crippen LogP contribution is -2.40. The summed E-state index contributed by atoms with van der Waals surface area (Å²) in [4.78, 5) is 11.9. The van der Waals surface area contributed by atoms with Gasteiger partial charge in [-0.15, -0.1) is 0 Å². The number of amides is 1. The second-order valence-corrected chi connectivity index (χ2v) is 5.71. The molecule has 1 aromatic carbocycles. The maximum absolute atomic E-state index is 11.9. The molecule has 0 fully saturated rings. The summed E-state index contributed by atoms with van der Waals surface area (Å²) >= 11 is 0. The van der Waals surface area contributed by atoms with Gasteiger partial charge in [-0.1, -0.05) is 30.3 Å². The molecule has 2 unspecified atom stereocenters. The van der Waals surface area contributed by atoms with Crippen LogP contribution in [-0.4, -0.2) is 30.0 Å². The molecule has 0 saturated heterocycles.